The lowest BCUT2D eigenvalue weighted by molar-refractivity contribution is -0.121. The molecule has 0 heterocycles. The second-order valence-corrected chi connectivity index (χ2v) is 11.9. The number of hydrogen-bond donors (Lipinski definition) is 4. The van der Waals surface area contributed by atoms with Crippen molar-refractivity contribution in [2.45, 2.75) is 24.0 Å². The van der Waals surface area contributed by atoms with Gasteiger partial charge >= 0.3 is 6.09 Å². The predicted molar refractivity (Wildman–Crippen MR) is 171 cm³/mol. The van der Waals surface area contributed by atoms with Crippen LogP contribution in [0, 0.1) is 0 Å². The first-order chi connectivity index (χ1) is 21.1. The van der Waals surface area contributed by atoms with E-state index < -0.39 is 34.0 Å². The van der Waals surface area contributed by atoms with Crippen LogP contribution in [-0.4, -0.2) is 37.5 Å². The molecule has 44 heavy (non-hydrogen) atoms. The maximum absolute atomic E-state index is 13.2. The number of halogens is 1. The maximum atomic E-state index is 13.2. The molecule has 0 unspecified atom stereocenters. The summed E-state index contributed by atoms with van der Waals surface area (Å²) >= 11 is 11.0. The molecule has 4 aromatic carbocycles. The molecule has 4 aromatic rings. The molecule has 13 heteroatoms. The number of carbonyl (C=O) groups is 3. The summed E-state index contributed by atoms with van der Waals surface area (Å²) in [7, 11) is -4.32. The normalized spacial score (nSPS) is 11.5. The van der Waals surface area contributed by atoms with Crippen molar-refractivity contribution < 1.29 is 27.5 Å². The zero-order valence-electron chi connectivity index (χ0n) is 23.0. The first kappa shape index (κ1) is 32.1. The van der Waals surface area contributed by atoms with Crippen LogP contribution in [0.2, 0.25) is 5.02 Å². The highest BCUT2D eigenvalue weighted by atomic mass is 35.5. The second-order valence-electron chi connectivity index (χ2n) is 9.36. The number of anilines is 1. The Morgan fingerprint density at radius 2 is 1.39 bits per heavy atom. The van der Waals surface area contributed by atoms with E-state index >= 15 is 0 Å². The Morgan fingerprint density at radius 1 is 0.795 bits per heavy atom. The molecule has 0 saturated carbocycles. The first-order valence-electron chi connectivity index (χ1n) is 13.1. The van der Waals surface area contributed by atoms with Gasteiger partial charge in [-0.15, -0.1) is 0 Å². The SMILES string of the molecule is O=C(N[C@@H](Cc1ccccc1)C(=O)NS(=O)(=O)c1ccc(NC(=S)NC(=O)c2ccc(Cl)cc2)cc1)OCc1ccccc1. The molecule has 0 saturated heterocycles. The minimum Gasteiger partial charge on any atom is -0.445 e. The van der Waals surface area contributed by atoms with Gasteiger partial charge in [0.2, 0.25) is 0 Å². The third kappa shape index (κ3) is 9.63. The summed E-state index contributed by atoms with van der Waals surface area (Å²) in [5, 5.41) is 8.25. The number of ether oxygens (including phenoxy) is 1. The molecule has 0 bridgehead atoms. The predicted octanol–water partition coefficient (Wildman–Crippen LogP) is 4.81. The van der Waals surface area contributed by atoms with Gasteiger partial charge in [0, 0.05) is 22.7 Å². The Bertz CT molecular complexity index is 1720. The largest absolute Gasteiger partial charge is 0.445 e. The van der Waals surface area contributed by atoms with Gasteiger partial charge in [0.05, 0.1) is 4.90 Å². The summed E-state index contributed by atoms with van der Waals surface area (Å²) in [6, 6.07) is 28.1. The van der Waals surface area contributed by atoms with E-state index in [9.17, 15) is 22.8 Å². The summed E-state index contributed by atoms with van der Waals surface area (Å²) in [6.07, 6.45) is -0.859. The lowest BCUT2D eigenvalue weighted by Gasteiger charge is -2.19. The highest BCUT2D eigenvalue weighted by Crippen LogP contribution is 2.15. The van der Waals surface area contributed by atoms with Crippen molar-refractivity contribution in [1.29, 1.82) is 0 Å². The van der Waals surface area contributed by atoms with E-state index in [1.807, 2.05) is 10.8 Å². The number of alkyl carbamates (subject to hydrolysis) is 1. The monoisotopic (exact) mass is 650 g/mol. The van der Waals surface area contributed by atoms with Gasteiger partial charge in [-0.3, -0.25) is 14.9 Å². The van der Waals surface area contributed by atoms with Crippen LogP contribution in [0.4, 0.5) is 10.5 Å². The number of sulfonamides is 1. The fraction of sp³-hybridized carbons (Fsp3) is 0.0968. The molecule has 0 fully saturated rings. The highest BCUT2D eigenvalue weighted by Gasteiger charge is 2.27. The number of benzene rings is 4. The van der Waals surface area contributed by atoms with E-state index in [1.165, 1.54) is 24.3 Å². The van der Waals surface area contributed by atoms with E-state index in [0.717, 1.165) is 5.56 Å². The standard InChI is InChI=1S/C31H27ClN4O6S2/c32-24-13-11-23(12-14-24)28(37)35-30(43)33-25-15-17-26(18-16-25)44(40,41)36-29(38)27(19-21-7-3-1-4-8-21)34-31(39)42-20-22-9-5-2-6-10-22/h1-18,27H,19-20H2,(H,34,39)(H,36,38)(H2,33,35,37,43)/t27-/m0/s1. The lowest BCUT2D eigenvalue weighted by atomic mass is 10.1. The Morgan fingerprint density at radius 3 is 2.00 bits per heavy atom. The zero-order chi connectivity index (χ0) is 31.5. The van der Waals surface area contributed by atoms with Gasteiger partial charge < -0.3 is 15.4 Å². The van der Waals surface area contributed by atoms with Crippen LogP contribution >= 0.6 is 23.8 Å². The summed E-state index contributed by atoms with van der Waals surface area (Å²) < 4.78 is 33.4. The summed E-state index contributed by atoms with van der Waals surface area (Å²) in [5.74, 6) is -1.40. The van der Waals surface area contributed by atoms with Crippen LogP contribution in [0.5, 0.6) is 0 Å². The number of thiocarbonyl (C=S) groups is 1. The molecule has 0 aromatic heterocycles. The minimum absolute atomic E-state index is 0.0113. The Hall–Kier alpha value is -4.78. The molecule has 0 radical (unpaired) electrons. The fourth-order valence-electron chi connectivity index (χ4n) is 3.88. The topological polar surface area (TPSA) is 143 Å². The van der Waals surface area contributed by atoms with Crippen LogP contribution in [0.15, 0.2) is 114 Å². The highest BCUT2D eigenvalue weighted by molar-refractivity contribution is 7.90. The van der Waals surface area contributed by atoms with E-state index in [0.29, 0.717) is 21.8 Å². The number of rotatable bonds is 10. The van der Waals surface area contributed by atoms with Gasteiger partial charge in [0.25, 0.3) is 21.8 Å². The van der Waals surface area contributed by atoms with Gasteiger partial charge in [-0.1, -0.05) is 72.3 Å². The number of carbonyl (C=O) groups excluding carboxylic acids is 3. The van der Waals surface area contributed by atoms with Crippen LogP contribution in [0.3, 0.4) is 0 Å². The number of hydrogen-bond acceptors (Lipinski definition) is 7. The van der Waals surface area contributed by atoms with E-state index in [2.05, 4.69) is 16.0 Å². The van der Waals surface area contributed by atoms with Crippen LogP contribution in [0.1, 0.15) is 21.5 Å². The molecule has 0 aliphatic carbocycles. The Kier molecular flexibility index (Phi) is 11.0. The molecule has 1 atom stereocenters. The molecule has 0 aliphatic heterocycles. The number of amides is 3. The lowest BCUT2D eigenvalue weighted by Crippen LogP contribution is -2.49. The minimum atomic E-state index is -4.32. The third-order valence-corrected chi connectivity index (χ3v) is 7.91. The van der Waals surface area contributed by atoms with Crippen molar-refractivity contribution in [2.24, 2.45) is 0 Å². The zero-order valence-corrected chi connectivity index (χ0v) is 25.4. The molecular formula is C31H27ClN4O6S2. The summed E-state index contributed by atoms with van der Waals surface area (Å²) in [4.78, 5) is 37.8. The van der Waals surface area contributed by atoms with Gasteiger partial charge in [-0.05, 0) is 71.9 Å². The second kappa shape index (κ2) is 15.1. The smallest absolute Gasteiger partial charge is 0.408 e. The van der Waals surface area contributed by atoms with E-state index in [1.54, 1.807) is 78.9 Å². The van der Waals surface area contributed by atoms with Gasteiger partial charge in [-0.2, -0.15) is 0 Å². The Labute approximate surface area is 264 Å². The maximum Gasteiger partial charge on any atom is 0.408 e. The Balaban J connectivity index is 1.38. The molecule has 3 amide bonds. The van der Waals surface area contributed by atoms with Crippen molar-refractivity contribution in [3.05, 3.63) is 131 Å². The average Bonchev–Trinajstić information content (AvgIpc) is 3.01. The summed E-state index contributed by atoms with van der Waals surface area (Å²) in [6.45, 7) is -0.0285. The average molecular weight is 651 g/mol. The molecule has 0 aliphatic rings. The molecule has 0 spiro atoms. The van der Waals surface area contributed by atoms with Crippen LogP contribution in [0.25, 0.3) is 0 Å². The first-order valence-corrected chi connectivity index (χ1v) is 15.4. The fourth-order valence-corrected chi connectivity index (χ4v) is 5.24. The molecule has 4 N–H and O–H groups in total. The van der Waals surface area contributed by atoms with Crippen molar-refractivity contribution >= 4 is 62.5 Å². The molecule has 10 nitrogen and oxygen atoms in total. The summed E-state index contributed by atoms with van der Waals surface area (Å²) in [5.41, 5.74) is 2.18. The molecule has 226 valence electrons. The van der Waals surface area contributed by atoms with Crippen LogP contribution < -0.4 is 20.7 Å². The quantitative estimate of drug-likeness (QED) is 0.179. The van der Waals surface area contributed by atoms with Crippen molar-refractivity contribution in [2.75, 3.05) is 5.32 Å². The van der Waals surface area contributed by atoms with Crippen LogP contribution in [-0.2, 0) is 32.6 Å². The van der Waals surface area contributed by atoms with Crippen molar-refractivity contribution in [3.8, 4) is 0 Å². The van der Waals surface area contributed by atoms with Crippen molar-refractivity contribution in [3.63, 3.8) is 0 Å². The molecular weight excluding hydrogens is 624 g/mol. The number of nitrogens with one attached hydrogen (secondary N) is 4. The van der Waals surface area contributed by atoms with Gasteiger partial charge in [-0.25, -0.2) is 17.9 Å². The van der Waals surface area contributed by atoms with Gasteiger partial charge in [0.15, 0.2) is 5.11 Å². The van der Waals surface area contributed by atoms with Gasteiger partial charge in [0.1, 0.15) is 12.6 Å². The van der Waals surface area contributed by atoms with E-state index in [-0.39, 0.29) is 23.0 Å². The third-order valence-electron chi connectivity index (χ3n) is 6.09. The van der Waals surface area contributed by atoms with Crippen molar-refractivity contribution in [1.82, 2.24) is 15.4 Å². The van der Waals surface area contributed by atoms with E-state index in [4.69, 9.17) is 28.6 Å². The molecule has 4 rings (SSSR count).